The normalized spacial score (nSPS) is 11.9. The number of hydrogen-bond acceptors (Lipinski definition) is 3. The van der Waals surface area contributed by atoms with Gasteiger partial charge < -0.3 is 10.1 Å². The van der Waals surface area contributed by atoms with Crippen LogP contribution in [0.2, 0.25) is 0 Å². The molecule has 0 saturated carbocycles. The van der Waals surface area contributed by atoms with Crippen LogP contribution in [0.3, 0.4) is 0 Å². The summed E-state index contributed by atoms with van der Waals surface area (Å²) >= 11 is 0. The Labute approximate surface area is 146 Å². The van der Waals surface area contributed by atoms with Crippen molar-refractivity contribution in [2.75, 3.05) is 7.11 Å². The van der Waals surface area contributed by atoms with E-state index in [-0.39, 0.29) is 18.1 Å². The van der Waals surface area contributed by atoms with Crippen LogP contribution in [0, 0.1) is 5.82 Å². The number of hydrogen-bond donors (Lipinski definition) is 1. The second-order valence-corrected chi connectivity index (χ2v) is 5.50. The molecule has 0 aliphatic rings. The number of carbonyl (C=O) groups is 2. The summed E-state index contributed by atoms with van der Waals surface area (Å²) in [6, 6.07) is 14.5. The number of ether oxygens (including phenoxy) is 1. The highest BCUT2D eigenvalue weighted by atomic mass is 19.1. The minimum atomic E-state index is -0.766. The van der Waals surface area contributed by atoms with E-state index in [1.54, 1.807) is 0 Å². The summed E-state index contributed by atoms with van der Waals surface area (Å²) < 4.78 is 17.6. The average Bonchev–Trinajstić information content (AvgIpc) is 2.63. The summed E-state index contributed by atoms with van der Waals surface area (Å²) in [4.78, 5) is 24.0. The van der Waals surface area contributed by atoms with Crippen molar-refractivity contribution in [1.82, 2.24) is 5.32 Å². The molecule has 2 aromatic rings. The van der Waals surface area contributed by atoms with Crippen molar-refractivity contribution in [2.45, 2.75) is 18.9 Å². The van der Waals surface area contributed by atoms with E-state index in [0.29, 0.717) is 12.0 Å². The van der Waals surface area contributed by atoms with Crippen LogP contribution in [0.15, 0.2) is 60.7 Å². The van der Waals surface area contributed by atoms with Gasteiger partial charge >= 0.3 is 5.97 Å². The smallest absolute Gasteiger partial charge is 0.328 e. The molecule has 130 valence electrons. The molecule has 1 N–H and O–H groups in total. The number of halogens is 1. The SMILES string of the molecule is COC(=O)[C@@H](C/C=C/c1ccccc1)NC(=O)Cc1ccc(F)cc1. The highest BCUT2D eigenvalue weighted by Crippen LogP contribution is 2.06. The molecule has 5 heteroatoms. The van der Waals surface area contributed by atoms with Gasteiger partial charge in [-0.05, 0) is 29.7 Å². The predicted molar refractivity (Wildman–Crippen MR) is 94.1 cm³/mol. The number of benzene rings is 2. The van der Waals surface area contributed by atoms with Crippen LogP contribution >= 0.6 is 0 Å². The maximum absolute atomic E-state index is 12.9. The molecule has 25 heavy (non-hydrogen) atoms. The van der Waals surface area contributed by atoms with Gasteiger partial charge in [-0.3, -0.25) is 4.79 Å². The van der Waals surface area contributed by atoms with Crippen LogP contribution in [-0.2, 0) is 20.7 Å². The van der Waals surface area contributed by atoms with E-state index in [1.807, 2.05) is 42.5 Å². The van der Waals surface area contributed by atoms with Gasteiger partial charge in [0.2, 0.25) is 5.91 Å². The first-order valence-electron chi connectivity index (χ1n) is 7.91. The van der Waals surface area contributed by atoms with Gasteiger partial charge in [-0.15, -0.1) is 0 Å². The maximum atomic E-state index is 12.9. The Hall–Kier alpha value is -2.95. The largest absolute Gasteiger partial charge is 0.467 e. The lowest BCUT2D eigenvalue weighted by atomic mass is 10.1. The third kappa shape index (κ3) is 6.22. The molecule has 0 aliphatic carbocycles. The zero-order valence-corrected chi connectivity index (χ0v) is 13.9. The minimum absolute atomic E-state index is 0.0656. The molecule has 0 aromatic heterocycles. The van der Waals surface area contributed by atoms with Gasteiger partial charge in [0.1, 0.15) is 11.9 Å². The van der Waals surface area contributed by atoms with Gasteiger partial charge in [-0.2, -0.15) is 0 Å². The lowest BCUT2D eigenvalue weighted by Crippen LogP contribution is -2.41. The van der Waals surface area contributed by atoms with Crippen molar-refractivity contribution in [3.8, 4) is 0 Å². The average molecular weight is 341 g/mol. The fourth-order valence-corrected chi connectivity index (χ4v) is 2.29. The Morgan fingerprint density at radius 3 is 2.44 bits per heavy atom. The van der Waals surface area contributed by atoms with Gasteiger partial charge in [0.05, 0.1) is 13.5 Å². The first-order valence-corrected chi connectivity index (χ1v) is 7.91. The molecule has 1 amide bonds. The molecule has 0 bridgehead atoms. The van der Waals surface area contributed by atoms with E-state index >= 15 is 0 Å². The Bertz CT molecular complexity index is 726. The molecule has 0 saturated heterocycles. The Morgan fingerprint density at radius 1 is 1.12 bits per heavy atom. The van der Waals surface area contributed by atoms with Crippen molar-refractivity contribution in [3.05, 3.63) is 77.6 Å². The van der Waals surface area contributed by atoms with E-state index in [0.717, 1.165) is 5.56 Å². The van der Waals surface area contributed by atoms with Crippen molar-refractivity contribution in [3.63, 3.8) is 0 Å². The van der Waals surface area contributed by atoms with Gasteiger partial charge in [0.25, 0.3) is 0 Å². The van der Waals surface area contributed by atoms with E-state index in [1.165, 1.54) is 31.4 Å². The van der Waals surface area contributed by atoms with Crippen LogP contribution in [-0.4, -0.2) is 25.0 Å². The second kappa shape index (κ2) is 9.37. The summed E-state index contributed by atoms with van der Waals surface area (Å²) in [6.45, 7) is 0. The Morgan fingerprint density at radius 2 is 1.80 bits per heavy atom. The minimum Gasteiger partial charge on any atom is -0.467 e. The molecule has 0 heterocycles. The highest BCUT2D eigenvalue weighted by molar-refractivity contribution is 5.85. The fraction of sp³-hybridized carbons (Fsp3) is 0.200. The Kier molecular flexibility index (Phi) is 6.89. The molecule has 2 rings (SSSR count). The van der Waals surface area contributed by atoms with E-state index < -0.39 is 12.0 Å². The van der Waals surface area contributed by atoms with Gasteiger partial charge in [0, 0.05) is 0 Å². The van der Waals surface area contributed by atoms with Crippen LogP contribution in [0.1, 0.15) is 17.5 Å². The van der Waals surface area contributed by atoms with Crippen molar-refractivity contribution in [2.24, 2.45) is 0 Å². The predicted octanol–water partition coefficient (Wildman–Crippen LogP) is 3.13. The van der Waals surface area contributed by atoms with Crippen LogP contribution in [0.5, 0.6) is 0 Å². The molecule has 4 nitrogen and oxygen atoms in total. The van der Waals surface area contributed by atoms with Gasteiger partial charge in [0.15, 0.2) is 0 Å². The molecule has 0 fully saturated rings. The summed E-state index contributed by atoms with van der Waals surface area (Å²) in [5, 5.41) is 2.66. The first kappa shape index (κ1) is 18.4. The zero-order chi connectivity index (χ0) is 18.1. The monoisotopic (exact) mass is 341 g/mol. The van der Waals surface area contributed by atoms with Crippen molar-refractivity contribution < 1.29 is 18.7 Å². The standard InChI is InChI=1S/C20H20FNO3/c1-25-20(24)18(9-5-8-15-6-3-2-4-7-15)22-19(23)14-16-10-12-17(21)13-11-16/h2-8,10-13,18H,9,14H2,1H3,(H,22,23)/b8-5+/t18-/m1/s1. The molecular weight excluding hydrogens is 321 g/mol. The van der Waals surface area contributed by atoms with Crippen molar-refractivity contribution in [1.29, 1.82) is 0 Å². The number of esters is 1. The third-order valence-corrected chi connectivity index (χ3v) is 3.58. The molecular formula is C20H20FNO3. The van der Waals surface area contributed by atoms with E-state index in [9.17, 15) is 14.0 Å². The third-order valence-electron chi connectivity index (χ3n) is 3.58. The van der Waals surface area contributed by atoms with Crippen molar-refractivity contribution >= 4 is 18.0 Å². The zero-order valence-electron chi connectivity index (χ0n) is 13.9. The topological polar surface area (TPSA) is 55.4 Å². The molecule has 0 unspecified atom stereocenters. The fourth-order valence-electron chi connectivity index (χ4n) is 2.29. The van der Waals surface area contributed by atoms with Crippen LogP contribution in [0.4, 0.5) is 4.39 Å². The second-order valence-electron chi connectivity index (χ2n) is 5.50. The summed E-state index contributed by atoms with van der Waals surface area (Å²) in [7, 11) is 1.28. The van der Waals surface area contributed by atoms with Gasteiger partial charge in [-0.25, -0.2) is 9.18 Å². The van der Waals surface area contributed by atoms with Gasteiger partial charge in [-0.1, -0.05) is 54.6 Å². The van der Waals surface area contributed by atoms with Crippen LogP contribution < -0.4 is 5.32 Å². The quantitative estimate of drug-likeness (QED) is 0.787. The summed E-state index contributed by atoms with van der Waals surface area (Å²) in [6.07, 6.45) is 4.07. The summed E-state index contributed by atoms with van der Waals surface area (Å²) in [5.41, 5.74) is 1.67. The molecule has 0 spiro atoms. The van der Waals surface area contributed by atoms with E-state index in [2.05, 4.69) is 5.32 Å². The molecule has 1 atom stereocenters. The number of carbonyl (C=O) groups excluding carboxylic acids is 2. The van der Waals surface area contributed by atoms with Crippen LogP contribution in [0.25, 0.3) is 6.08 Å². The maximum Gasteiger partial charge on any atom is 0.328 e. The number of rotatable bonds is 7. The molecule has 0 aliphatic heterocycles. The highest BCUT2D eigenvalue weighted by Gasteiger charge is 2.20. The lowest BCUT2D eigenvalue weighted by Gasteiger charge is -2.15. The molecule has 0 radical (unpaired) electrons. The number of nitrogens with one attached hydrogen (secondary N) is 1. The Balaban J connectivity index is 1.94. The molecule has 2 aromatic carbocycles. The lowest BCUT2D eigenvalue weighted by molar-refractivity contribution is -0.144. The van der Waals surface area contributed by atoms with E-state index in [4.69, 9.17) is 4.74 Å². The summed E-state index contributed by atoms with van der Waals surface area (Å²) in [5.74, 6) is -1.19. The number of methoxy groups -OCH3 is 1. The first-order chi connectivity index (χ1) is 12.1. The number of amides is 1.